The van der Waals surface area contributed by atoms with E-state index in [1.54, 1.807) is 26.2 Å². The molecule has 1 rings (SSSR count). The molecule has 0 fully saturated rings. The van der Waals surface area contributed by atoms with Crippen molar-refractivity contribution in [3.63, 3.8) is 0 Å². The van der Waals surface area contributed by atoms with Gasteiger partial charge in [-0.3, -0.25) is 4.79 Å². The number of halogens is 1. The van der Waals surface area contributed by atoms with Crippen molar-refractivity contribution in [3.05, 3.63) is 23.6 Å². The van der Waals surface area contributed by atoms with Crippen LogP contribution in [0.2, 0.25) is 0 Å². The van der Waals surface area contributed by atoms with Crippen molar-refractivity contribution in [1.29, 1.82) is 0 Å². The number of amides is 1. The van der Waals surface area contributed by atoms with Crippen molar-refractivity contribution in [2.45, 2.75) is 6.42 Å². The number of nitrogens with zero attached hydrogens (tertiary/aromatic N) is 2. The summed E-state index contributed by atoms with van der Waals surface area (Å²) in [5, 5.41) is 2.62. The second kappa shape index (κ2) is 9.25. The number of ether oxygens (including phenoxy) is 2. The predicted octanol–water partition coefficient (Wildman–Crippen LogP) is 1.39. The molecular formula is C14H22FN3O3. The number of nitrogens with one attached hydrogen (secondary N) is 1. The highest BCUT2D eigenvalue weighted by molar-refractivity contribution is 5.95. The predicted molar refractivity (Wildman–Crippen MR) is 78.0 cm³/mol. The van der Waals surface area contributed by atoms with Crippen LogP contribution in [-0.4, -0.2) is 63.4 Å². The Morgan fingerprint density at radius 1 is 1.33 bits per heavy atom. The minimum Gasteiger partial charge on any atom is -0.385 e. The zero-order valence-corrected chi connectivity index (χ0v) is 12.7. The number of pyridine rings is 1. The molecule has 0 saturated carbocycles. The lowest BCUT2D eigenvalue weighted by molar-refractivity contribution is 0.0669. The van der Waals surface area contributed by atoms with Crippen LogP contribution in [0.3, 0.4) is 0 Å². The standard InChI is InChI=1S/C14H22FN3O3/c1-16-13-12(15)11(5-6-17-13)14(19)18(8-10-21-3)7-4-9-20-2/h5-6H,4,7-10H2,1-3H3,(H,16,17). The van der Waals surface area contributed by atoms with Crippen LogP contribution >= 0.6 is 0 Å². The first-order valence-electron chi connectivity index (χ1n) is 6.75. The van der Waals surface area contributed by atoms with E-state index >= 15 is 0 Å². The molecule has 0 saturated heterocycles. The molecule has 0 bridgehead atoms. The number of hydrogen-bond donors (Lipinski definition) is 1. The second-order valence-corrected chi connectivity index (χ2v) is 4.40. The molecule has 1 N–H and O–H groups in total. The molecule has 0 aromatic carbocycles. The van der Waals surface area contributed by atoms with Gasteiger partial charge in [0.1, 0.15) is 0 Å². The van der Waals surface area contributed by atoms with Crippen LogP contribution < -0.4 is 5.32 Å². The molecule has 21 heavy (non-hydrogen) atoms. The van der Waals surface area contributed by atoms with Crippen molar-refractivity contribution >= 4 is 11.7 Å². The average molecular weight is 299 g/mol. The summed E-state index contributed by atoms with van der Waals surface area (Å²) >= 11 is 0. The SMILES string of the molecule is CNc1nccc(C(=O)N(CCCOC)CCOC)c1F. The smallest absolute Gasteiger partial charge is 0.257 e. The molecule has 118 valence electrons. The minimum atomic E-state index is -0.640. The number of hydrogen-bond acceptors (Lipinski definition) is 5. The van der Waals surface area contributed by atoms with Crippen molar-refractivity contribution in [3.8, 4) is 0 Å². The molecule has 1 aromatic heterocycles. The number of aromatic nitrogens is 1. The van der Waals surface area contributed by atoms with E-state index in [9.17, 15) is 9.18 Å². The molecule has 7 heteroatoms. The normalized spacial score (nSPS) is 10.5. The van der Waals surface area contributed by atoms with Crippen LogP contribution in [0.1, 0.15) is 16.8 Å². The van der Waals surface area contributed by atoms with Crippen LogP contribution in [0, 0.1) is 5.82 Å². The van der Waals surface area contributed by atoms with E-state index in [0.717, 1.165) is 0 Å². The Balaban J connectivity index is 2.87. The van der Waals surface area contributed by atoms with E-state index < -0.39 is 5.82 Å². The lowest BCUT2D eigenvalue weighted by atomic mass is 10.2. The number of carbonyl (C=O) groups excluding carboxylic acids is 1. The minimum absolute atomic E-state index is 0.00266. The largest absolute Gasteiger partial charge is 0.385 e. The molecule has 0 radical (unpaired) electrons. The van der Waals surface area contributed by atoms with Gasteiger partial charge in [0.05, 0.1) is 12.2 Å². The maximum Gasteiger partial charge on any atom is 0.257 e. The lowest BCUT2D eigenvalue weighted by Crippen LogP contribution is -2.36. The fourth-order valence-electron chi connectivity index (χ4n) is 1.87. The topological polar surface area (TPSA) is 63.7 Å². The van der Waals surface area contributed by atoms with Gasteiger partial charge in [-0.1, -0.05) is 0 Å². The van der Waals surface area contributed by atoms with Crippen molar-refractivity contribution in [2.75, 3.05) is 52.9 Å². The summed E-state index contributed by atoms with van der Waals surface area (Å²) in [6, 6.07) is 1.38. The number of methoxy groups -OCH3 is 2. The molecule has 0 atom stereocenters. The van der Waals surface area contributed by atoms with Crippen molar-refractivity contribution < 1.29 is 18.7 Å². The summed E-state index contributed by atoms with van der Waals surface area (Å²) in [4.78, 5) is 17.9. The van der Waals surface area contributed by atoms with Crippen molar-refractivity contribution in [1.82, 2.24) is 9.88 Å². The van der Waals surface area contributed by atoms with Crippen LogP contribution in [0.15, 0.2) is 12.3 Å². The molecule has 0 unspecified atom stereocenters. The van der Waals surface area contributed by atoms with Gasteiger partial charge in [0.15, 0.2) is 11.6 Å². The summed E-state index contributed by atoms with van der Waals surface area (Å²) in [5.74, 6) is -0.955. The van der Waals surface area contributed by atoms with Crippen LogP contribution in [0.4, 0.5) is 10.2 Å². The Hall–Kier alpha value is -1.73. The summed E-state index contributed by atoms with van der Waals surface area (Å²) in [6.07, 6.45) is 2.09. The van der Waals surface area contributed by atoms with Gasteiger partial charge >= 0.3 is 0 Å². The van der Waals surface area contributed by atoms with Gasteiger partial charge in [0, 0.05) is 47.2 Å². The quantitative estimate of drug-likeness (QED) is 0.698. The monoisotopic (exact) mass is 299 g/mol. The van der Waals surface area contributed by atoms with Gasteiger partial charge in [0.2, 0.25) is 0 Å². The molecule has 0 aliphatic heterocycles. The fraction of sp³-hybridized carbons (Fsp3) is 0.571. The second-order valence-electron chi connectivity index (χ2n) is 4.40. The van der Waals surface area contributed by atoms with Crippen LogP contribution in [0.25, 0.3) is 0 Å². The van der Waals surface area contributed by atoms with E-state index in [2.05, 4.69) is 10.3 Å². The van der Waals surface area contributed by atoms with Gasteiger partial charge in [-0.2, -0.15) is 0 Å². The van der Waals surface area contributed by atoms with E-state index in [4.69, 9.17) is 9.47 Å². The molecule has 0 aliphatic carbocycles. The van der Waals surface area contributed by atoms with Crippen LogP contribution in [-0.2, 0) is 9.47 Å². The Morgan fingerprint density at radius 2 is 2.05 bits per heavy atom. The molecule has 6 nitrogen and oxygen atoms in total. The highest BCUT2D eigenvalue weighted by Crippen LogP contribution is 2.16. The third-order valence-electron chi connectivity index (χ3n) is 2.99. The van der Waals surface area contributed by atoms with Gasteiger partial charge in [-0.15, -0.1) is 0 Å². The average Bonchev–Trinajstić information content (AvgIpc) is 2.50. The molecule has 0 aliphatic rings. The zero-order chi connectivity index (χ0) is 15.7. The Labute approximate surface area is 124 Å². The molecule has 1 heterocycles. The van der Waals surface area contributed by atoms with Crippen LogP contribution in [0.5, 0.6) is 0 Å². The third-order valence-corrected chi connectivity index (χ3v) is 2.99. The number of carbonyl (C=O) groups is 1. The van der Waals surface area contributed by atoms with E-state index in [0.29, 0.717) is 32.7 Å². The first-order chi connectivity index (χ1) is 10.2. The van der Waals surface area contributed by atoms with Gasteiger partial charge < -0.3 is 19.7 Å². The number of anilines is 1. The Bertz CT molecular complexity index is 457. The fourth-order valence-corrected chi connectivity index (χ4v) is 1.87. The van der Waals surface area contributed by atoms with Gasteiger partial charge in [0.25, 0.3) is 5.91 Å². The lowest BCUT2D eigenvalue weighted by Gasteiger charge is -2.22. The zero-order valence-electron chi connectivity index (χ0n) is 12.7. The highest BCUT2D eigenvalue weighted by atomic mass is 19.1. The third kappa shape index (κ3) is 4.95. The first kappa shape index (κ1) is 17.3. The van der Waals surface area contributed by atoms with E-state index in [1.807, 2.05) is 0 Å². The molecule has 1 aromatic rings. The maximum absolute atomic E-state index is 14.2. The van der Waals surface area contributed by atoms with Crippen molar-refractivity contribution in [2.24, 2.45) is 0 Å². The molecular weight excluding hydrogens is 277 g/mol. The molecule has 0 spiro atoms. The maximum atomic E-state index is 14.2. The summed E-state index contributed by atoms with van der Waals surface area (Å²) in [7, 11) is 4.72. The molecule has 1 amide bonds. The number of rotatable bonds is 9. The van der Waals surface area contributed by atoms with Gasteiger partial charge in [-0.25, -0.2) is 9.37 Å². The summed E-state index contributed by atoms with van der Waals surface area (Å²) in [5.41, 5.74) is 0.00266. The summed E-state index contributed by atoms with van der Waals surface area (Å²) < 4.78 is 24.1. The van der Waals surface area contributed by atoms with E-state index in [-0.39, 0.29) is 17.3 Å². The highest BCUT2D eigenvalue weighted by Gasteiger charge is 2.21. The Morgan fingerprint density at radius 3 is 2.67 bits per heavy atom. The van der Waals surface area contributed by atoms with Gasteiger partial charge in [-0.05, 0) is 12.5 Å². The Kier molecular flexibility index (Phi) is 7.63. The first-order valence-corrected chi connectivity index (χ1v) is 6.75. The summed E-state index contributed by atoms with van der Waals surface area (Å²) in [6.45, 7) is 1.81. The van der Waals surface area contributed by atoms with E-state index in [1.165, 1.54) is 12.3 Å².